The number of benzene rings is 1. The molecule has 1 unspecified atom stereocenters. The van der Waals surface area contributed by atoms with Gasteiger partial charge in [-0.05, 0) is 24.6 Å². The Bertz CT molecular complexity index is 757. The Morgan fingerprint density at radius 2 is 2.12 bits per heavy atom. The lowest BCUT2D eigenvalue weighted by atomic mass is 9.82. The molecule has 0 spiro atoms. The van der Waals surface area contributed by atoms with Gasteiger partial charge in [0.15, 0.2) is 0 Å². The Kier molecular flexibility index (Phi) is 5.72. The second-order valence-electron chi connectivity index (χ2n) is 5.13. The molecule has 1 atom stereocenters. The molecule has 6 heteroatoms. The molecule has 1 heterocycles. The number of allylic oxidation sites excluding steroid dienone is 2. The monoisotopic (exact) mass is 342 g/mol. The SMILES string of the molecule is C=CCOC(=O)C1=C(C)NC(S)=C(C#N)C1c1ccc(OC)cc1. The van der Waals surface area contributed by atoms with E-state index >= 15 is 0 Å². The van der Waals surface area contributed by atoms with Crippen molar-refractivity contribution in [2.75, 3.05) is 13.7 Å². The third kappa shape index (κ3) is 3.47. The van der Waals surface area contributed by atoms with Gasteiger partial charge in [-0.1, -0.05) is 24.8 Å². The van der Waals surface area contributed by atoms with Crippen molar-refractivity contribution in [1.29, 1.82) is 5.26 Å². The lowest BCUT2D eigenvalue weighted by Gasteiger charge is -2.28. The Morgan fingerprint density at radius 1 is 1.46 bits per heavy atom. The summed E-state index contributed by atoms with van der Waals surface area (Å²) >= 11 is 4.34. The van der Waals surface area contributed by atoms with Crippen molar-refractivity contribution in [3.05, 3.63) is 64.4 Å². The zero-order chi connectivity index (χ0) is 17.7. The van der Waals surface area contributed by atoms with Crippen LogP contribution in [-0.4, -0.2) is 19.7 Å². The van der Waals surface area contributed by atoms with Crippen LogP contribution in [0.1, 0.15) is 18.4 Å². The van der Waals surface area contributed by atoms with Crippen LogP contribution in [0, 0.1) is 11.3 Å². The molecule has 0 saturated heterocycles. The van der Waals surface area contributed by atoms with Gasteiger partial charge in [-0.2, -0.15) is 5.26 Å². The summed E-state index contributed by atoms with van der Waals surface area (Å²) in [5.41, 5.74) is 2.13. The number of esters is 1. The van der Waals surface area contributed by atoms with Gasteiger partial charge >= 0.3 is 5.97 Å². The van der Waals surface area contributed by atoms with E-state index in [1.54, 1.807) is 26.2 Å². The number of ether oxygens (including phenoxy) is 2. The smallest absolute Gasteiger partial charge is 0.337 e. The molecule has 0 radical (unpaired) electrons. The zero-order valence-electron chi connectivity index (χ0n) is 13.5. The molecule has 1 aliphatic heterocycles. The van der Waals surface area contributed by atoms with Crippen LogP contribution in [0.2, 0.25) is 0 Å². The van der Waals surface area contributed by atoms with Crippen LogP contribution in [-0.2, 0) is 9.53 Å². The maximum absolute atomic E-state index is 12.5. The number of nitrogens with one attached hydrogen (secondary N) is 1. The minimum absolute atomic E-state index is 0.101. The number of nitrogens with zero attached hydrogens (tertiary/aromatic N) is 1. The van der Waals surface area contributed by atoms with Gasteiger partial charge in [0, 0.05) is 5.70 Å². The fourth-order valence-electron chi connectivity index (χ4n) is 2.54. The minimum atomic E-state index is -0.549. The Morgan fingerprint density at radius 3 is 2.67 bits per heavy atom. The number of thiol groups is 1. The summed E-state index contributed by atoms with van der Waals surface area (Å²) in [7, 11) is 1.58. The summed E-state index contributed by atoms with van der Waals surface area (Å²) in [6, 6.07) is 9.35. The van der Waals surface area contributed by atoms with E-state index in [9.17, 15) is 10.1 Å². The number of hydrogen-bond donors (Lipinski definition) is 2. The third-order valence-electron chi connectivity index (χ3n) is 3.66. The second kappa shape index (κ2) is 7.75. The van der Waals surface area contributed by atoms with Crippen LogP contribution in [0.4, 0.5) is 0 Å². The predicted octanol–water partition coefficient (Wildman–Crippen LogP) is 3.05. The molecule has 1 aromatic carbocycles. The first-order valence-corrected chi connectivity index (χ1v) is 7.71. The van der Waals surface area contributed by atoms with Gasteiger partial charge < -0.3 is 14.8 Å². The zero-order valence-corrected chi connectivity index (χ0v) is 14.4. The van der Waals surface area contributed by atoms with E-state index in [4.69, 9.17) is 9.47 Å². The summed E-state index contributed by atoms with van der Waals surface area (Å²) in [5.74, 6) is -0.348. The number of rotatable bonds is 5. The normalized spacial score (nSPS) is 17.0. The maximum Gasteiger partial charge on any atom is 0.337 e. The van der Waals surface area contributed by atoms with Crippen molar-refractivity contribution >= 4 is 18.6 Å². The molecule has 0 bridgehead atoms. The van der Waals surface area contributed by atoms with E-state index in [1.807, 2.05) is 12.1 Å². The largest absolute Gasteiger partial charge is 0.497 e. The van der Waals surface area contributed by atoms with Crippen LogP contribution in [0.3, 0.4) is 0 Å². The van der Waals surface area contributed by atoms with Crippen molar-refractivity contribution in [2.45, 2.75) is 12.8 Å². The van der Waals surface area contributed by atoms with Crippen LogP contribution in [0.25, 0.3) is 0 Å². The fourth-order valence-corrected chi connectivity index (χ4v) is 2.89. The number of carbonyl (C=O) groups is 1. The molecule has 124 valence electrons. The highest BCUT2D eigenvalue weighted by Gasteiger charge is 2.34. The summed E-state index contributed by atoms with van der Waals surface area (Å²) in [4.78, 5) is 12.5. The van der Waals surface area contributed by atoms with Crippen LogP contribution in [0.15, 0.2) is 58.8 Å². The number of nitriles is 1. The predicted molar refractivity (Wildman–Crippen MR) is 94.4 cm³/mol. The summed E-state index contributed by atoms with van der Waals surface area (Å²) < 4.78 is 10.3. The van der Waals surface area contributed by atoms with Gasteiger partial charge in [-0.25, -0.2) is 4.79 Å². The van der Waals surface area contributed by atoms with E-state index in [0.717, 1.165) is 5.56 Å². The van der Waals surface area contributed by atoms with E-state index in [1.165, 1.54) is 6.08 Å². The van der Waals surface area contributed by atoms with Gasteiger partial charge in [-0.15, -0.1) is 12.6 Å². The molecule has 0 aromatic heterocycles. The third-order valence-corrected chi connectivity index (χ3v) is 4.02. The van der Waals surface area contributed by atoms with E-state index in [0.29, 0.717) is 27.6 Å². The van der Waals surface area contributed by atoms with Gasteiger partial charge in [0.05, 0.1) is 35.3 Å². The van der Waals surface area contributed by atoms with Crippen molar-refractivity contribution in [3.63, 3.8) is 0 Å². The van der Waals surface area contributed by atoms with E-state index in [-0.39, 0.29) is 6.61 Å². The second-order valence-corrected chi connectivity index (χ2v) is 5.58. The van der Waals surface area contributed by atoms with Gasteiger partial charge in [0.25, 0.3) is 0 Å². The first-order valence-electron chi connectivity index (χ1n) is 7.26. The highest BCUT2D eigenvalue weighted by atomic mass is 32.1. The lowest BCUT2D eigenvalue weighted by molar-refractivity contribution is -0.138. The average Bonchev–Trinajstić information content (AvgIpc) is 2.59. The lowest BCUT2D eigenvalue weighted by Crippen LogP contribution is -2.28. The first kappa shape index (κ1) is 17.7. The molecule has 1 aromatic rings. The summed E-state index contributed by atoms with van der Waals surface area (Å²) in [6.45, 7) is 5.40. The van der Waals surface area contributed by atoms with E-state index in [2.05, 4.69) is 30.6 Å². The Labute approximate surface area is 146 Å². The van der Waals surface area contributed by atoms with Crippen LogP contribution in [0.5, 0.6) is 5.75 Å². The molecule has 5 nitrogen and oxygen atoms in total. The topological polar surface area (TPSA) is 71.3 Å². The van der Waals surface area contributed by atoms with Crippen LogP contribution < -0.4 is 10.1 Å². The molecular weight excluding hydrogens is 324 g/mol. The van der Waals surface area contributed by atoms with E-state index < -0.39 is 11.9 Å². The molecule has 2 rings (SSSR count). The summed E-state index contributed by atoms with van der Waals surface area (Å²) in [6.07, 6.45) is 1.50. The first-order chi connectivity index (χ1) is 11.5. The number of dihydropyridines is 1. The number of methoxy groups -OCH3 is 1. The Balaban J connectivity index is 2.52. The molecule has 0 amide bonds. The molecule has 0 aliphatic carbocycles. The van der Waals surface area contributed by atoms with Crippen molar-refractivity contribution in [3.8, 4) is 11.8 Å². The minimum Gasteiger partial charge on any atom is -0.497 e. The van der Waals surface area contributed by atoms with Crippen LogP contribution >= 0.6 is 12.6 Å². The fraction of sp³-hybridized carbons (Fsp3) is 0.222. The Hall–Kier alpha value is -2.65. The summed E-state index contributed by atoms with van der Waals surface area (Å²) in [5, 5.41) is 12.9. The van der Waals surface area contributed by atoms with Gasteiger partial charge in [0.1, 0.15) is 12.4 Å². The van der Waals surface area contributed by atoms with Gasteiger partial charge in [-0.3, -0.25) is 0 Å². The quantitative estimate of drug-likeness (QED) is 0.489. The molecule has 0 fully saturated rings. The van der Waals surface area contributed by atoms with Crippen molar-refractivity contribution in [2.24, 2.45) is 0 Å². The van der Waals surface area contributed by atoms with Gasteiger partial charge in [0.2, 0.25) is 0 Å². The average molecular weight is 342 g/mol. The van der Waals surface area contributed by atoms with Crippen molar-refractivity contribution in [1.82, 2.24) is 5.32 Å². The highest BCUT2D eigenvalue weighted by Crippen LogP contribution is 2.39. The number of hydrogen-bond acceptors (Lipinski definition) is 6. The maximum atomic E-state index is 12.5. The number of carbonyl (C=O) groups excluding carboxylic acids is 1. The molecular formula is C18H18N2O3S. The standard InChI is InChI=1S/C18H18N2O3S/c1-4-9-23-18(21)15-11(2)20-17(24)14(10-19)16(15)12-5-7-13(22-3)8-6-12/h4-8,16,20,24H,1,9H2,2-3H3. The van der Waals surface area contributed by atoms with Crippen molar-refractivity contribution < 1.29 is 14.3 Å². The molecule has 24 heavy (non-hydrogen) atoms. The molecule has 1 aliphatic rings. The molecule has 0 saturated carbocycles. The highest BCUT2D eigenvalue weighted by molar-refractivity contribution is 7.84. The molecule has 1 N–H and O–H groups in total.